The maximum Gasteiger partial charge on any atom is 0.220 e. The Morgan fingerprint density at radius 1 is 1.35 bits per heavy atom. The van der Waals surface area contributed by atoms with Crippen molar-refractivity contribution in [1.82, 2.24) is 10.6 Å². The van der Waals surface area contributed by atoms with E-state index in [9.17, 15) is 4.79 Å². The molecule has 2 rings (SSSR count). The van der Waals surface area contributed by atoms with Crippen LogP contribution in [0.1, 0.15) is 58.3 Å². The van der Waals surface area contributed by atoms with Crippen molar-refractivity contribution in [3.63, 3.8) is 0 Å². The summed E-state index contributed by atoms with van der Waals surface area (Å²) in [7, 11) is 0. The van der Waals surface area contributed by atoms with Gasteiger partial charge in [0, 0.05) is 13.0 Å². The van der Waals surface area contributed by atoms with Gasteiger partial charge < -0.3 is 10.6 Å². The number of nitrogens with one attached hydrogen (secondary N) is 2. The Morgan fingerprint density at radius 2 is 2.12 bits per heavy atom. The van der Waals surface area contributed by atoms with Gasteiger partial charge in [0.25, 0.3) is 0 Å². The van der Waals surface area contributed by atoms with Crippen LogP contribution in [-0.4, -0.2) is 24.5 Å². The second kappa shape index (κ2) is 5.85. The molecule has 0 spiro atoms. The summed E-state index contributed by atoms with van der Waals surface area (Å²) in [5.41, 5.74) is 0.00362. The van der Waals surface area contributed by atoms with Crippen LogP contribution in [0.5, 0.6) is 0 Å². The Hall–Kier alpha value is -0.570. The largest absolute Gasteiger partial charge is 0.350 e. The molecule has 0 aromatic heterocycles. The molecule has 1 saturated carbocycles. The fraction of sp³-hybridized carbons (Fsp3) is 0.929. The van der Waals surface area contributed by atoms with Crippen LogP contribution in [0.2, 0.25) is 0 Å². The normalized spacial score (nSPS) is 30.4. The van der Waals surface area contributed by atoms with Crippen molar-refractivity contribution in [3.05, 3.63) is 0 Å². The van der Waals surface area contributed by atoms with E-state index >= 15 is 0 Å². The fourth-order valence-electron chi connectivity index (χ4n) is 3.13. The zero-order valence-corrected chi connectivity index (χ0v) is 11.1. The van der Waals surface area contributed by atoms with Crippen molar-refractivity contribution in [1.29, 1.82) is 0 Å². The van der Waals surface area contributed by atoms with Gasteiger partial charge in [-0.05, 0) is 32.2 Å². The van der Waals surface area contributed by atoms with Gasteiger partial charge in [-0.25, -0.2) is 0 Å². The molecule has 0 bridgehead atoms. The molecule has 1 atom stereocenters. The van der Waals surface area contributed by atoms with Crippen LogP contribution in [0.3, 0.4) is 0 Å². The van der Waals surface area contributed by atoms with Gasteiger partial charge in [-0.1, -0.05) is 32.1 Å². The monoisotopic (exact) mass is 238 g/mol. The molecule has 3 heteroatoms. The third kappa shape index (κ3) is 3.98. The van der Waals surface area contributed by atoms with E-state index < -0.39 is 0 Å². The van der Waals surface area contributed by atoms with Crippen LogP contribution in [0.4, 0.5) is 0 Å². The molecule has 0 aromatic rings. The Bertz CT molecular complexity index is 253. The van der Waals surface area contributed by atoms with E-state index in [1.807, 2.05) is 0 Å². The van der Waals surface area contributed by atoms with Crippen LogP contribution >= 0.6 is 0 Å². The number of hydrogen-bond acceptors (Lipinski definition) is 2. The van der Waals surface area contributed by atoms with Crippen molar-refractivity contribution in [2.75, 3.05) is 13.1 Å². The summed E-state index contributed by atoms with van der Waals surface area (Å²) in [4.78, 5) is 11.9. The predicted octanol–water partition coefficient (Wildman–Crippen LogP) is 2.22. The Balaban J connectivity index is 1.66. The van der Waals surface area contributed by atoms with E-state index in [4.69, 9.17) is 0 Å². The van der Waals surface area contributed by atoms with Crippen LogP contribution in [-0.2, 0) is 4.79 Å². The average Bonchev–Trinajstić information content (AvgIpc) is 2.74. The van der Waals surface area contributed by atoms with Gasteiger partial charge in [-0.3, -0.25) is 4.79 Å². The minimum absolute atomic E-state index is 0.00362. The van der Waals surface area contributed by atoms with Gasteiger partial charge in [0.05, 0.1) is 5.54 Å². The zero-order valence-electron chi connectivity index (χ0n) is 11.1. The number of carbonyl (C=O) groups excluding carboxylic acids is 1. The molecular formula is C14H26N2O. The molecule has 1 aliphatic carbocycles. The lowest BCUT2D eigenvalue weighted by Crippen LogP contribution is -2.47. The molecule has 2 N–H and O–H groups in total. The minimum atomic E-state index is 0.00362. The van der Waals surface area contributed by atoms with E-state index in [2.05, 4.69) is 17.6 Å². The maximum absolute atomic E-state index is 11.9. The summed E-state index contributed by atoms with van der Waals surface area (Å²) in [6, 6.07) is 0. The van der Waals surface area contributed by atoms with Gasteiger partial charge in [-0.15, -0.1) is 0 Å². The van der Waals surface area contributed by atoms with Crippen molar-refractivity contribution in [2.45, 2.75) is 63.8 Å². The number of hydrogen-bond donors (Lipinski definition) is 2. The summed E-state index contributed by atoms with van der Waals surface area (Å²) < 4.78 is 0. The van der Waals surface area contributed by atoms with E-state index in [1.54, 1.807) is 0 Å². The third-order valence-corrected chi connectivity index (χ3v) is 4.31. The second-order valence-corrected chi connectivity index (χ2v) is 6.08. The molecule has 17 heavy (non-hydrogen) atoms. The molecule has 2 fully saturated rings. The predicted molar refractivity (Wildman–Crippen MR) is 69.8 cm³/mol. The Labute approximate surface area is 105 Å². The second-order valence-electron chi connectivity index (χ2n) is 6.08. The van der Waals surface area contributed by atoms with Gasteiger partial charge >= 0.3 is 0 Å². The SMILES string of the molecule is CC1(NC(=O)CCC2CCCCC2)CCNC1. The molecule has 98 valence electrons. The van der Waals surface area contributed by atoms with E-state index in [1.165, 1.54) is 32.1 Å². The van der Waals surface area contributed by atoms with Crippen molar-refractivity contribution in [2.24, 2.45) is 5.92 Å². The van der Waals surface area contributed by atoms with Gasteiger partial charge in [-0.2, -0.15) is 0 Å². The summed E-state index contributed by atoms with van der Waals surface area (Å²) in [5, 5.41) is 6.50. The molecule has 1 saturated heterocycles. The molecular weight excluding hydrogens is 212 g/mol. The van der Waals surface area contributed by atoms with Crippen LogP contribution in [0, 0.1) is 5.92 Å². The summed E-state index contributed by atoms with van der Waals surface area (Å²) >= 11 is 0. The molecule has 1 heterocycles. The summed E-state index contributed by atoms with van der Waals surface area (Å²) in [5.74, 6) is 1.06. The summed E-state index contributed by atoms with van der Waals surface area (Å²) in [6.07, 6.45) is 9.68. The minimum Gasteiger partial charge on any atom is -0.350 e. The molecule has 0 radical (unpaired) electrons. The van der Waals surface area contributed by atoms with Crippen molar-refractivity contribution in [3.8, 4) is 0 Å². The average molecular weight is 238 g/mol. The number of carbonyl (C=O) groups is 1. The molecule has 1 aliphatic heterocycles. The van der Waals surface area contributed by atoms with Gasteiger partial charge in [0.2, 0.25) is 5.91 Å². The highest BCUT2D eigenvalue weighted by Gasteiger charge is 2.29. The zero-order chi connectivity index (χ0) is 12.1. The van der Waals surface area contributed by atoms with Crippen LogP contribution in [0.25, 0.3) is 0 Å². The van der Waals surface area contributed by atoms with Gasteiger partial charge in [0.15, 0.2) is 0 Å². The highest BCUT2D eigenvalue weighted by atomic mass is 16.1. The molecule has 3 nitrogen and oxygen atoms in total. The first-order chi connectivity index (χ1) is 8.18. The van der Waals surface area contributed by atoms with Crippen LogP contribution in [0.15, 0.2) is 0 Å². The first-order valence-electron chi connectivity index (χ1n) is 7.20. The van der Waals surface area contributed by atoms with Crippen molar-refractivity contribution < 1.29 is 4.79 Å². The molecule has 2 aliphatic rings. The lowest BCUT2D eigenvalue weighted by molar-refractivity contribution is -0.123. The lowest BCUT2D eigenvalue weighted by atomic mass is 9.86. The van der Waals surface area contributed by atoms with E-state index in [-0.39, 0.29) is 11.4 Å². The smallest absolute Gasteiger partial charge is 0.220 e. The lowest BCUT2D eigenvalue weighted by Gasteiger charge is -2.26. The maximum atomic E-state index is 11.9. The highest BCUT2D eigenvalue weighted by Crippen LogP contribution is 2.27. The number of amides is 1. The number of rotatable bonds is 4. The standard InChI is InChI=1S/C14H26N2O/c1-14(9-10-15-11-14)16-13(17)8-7-12-5-3-2-4-6-12/h12,15H,2-11H2,1H3,(H,16,17). The van der Waals surface area contributed by atoms with Crippen molar-refractivity contribution >= 4 is 5.91 Å². The molecule has 1 amide bonds. The molecule has 1 unspecified atom stereocenters. The first kappa shape index (κ1) is 12.9. The van der Waals surface area contributed by atoms with Crippen LogP contribution < -0.4 is 10.6 Å². The first-order valence-corrected chi connectivity index (χ1v) is 7.20. The van der Waals surface area contributed by atoms with E-state index in [0.717, 1.165) is 38.3 Å². The third-order valence-electron chi connectivity index (χ3n) is 4.31. The topological polar surface area (TPSA) is 41.1 Å². The molecule has 0 aromatic carbocycles. The Kier molecular flexibility index (Phi) is 4.43. The summed E-state index contributed by atoms with van der Waals surface area (Å²) in [6.45, 7) is 4.09. The van der Waals surface area contributed by atoms with E-state index in [0.29, 0.717) is 0 Å². The quantitative estimate of drug-likeness (QED) is 0.788. The van der Waals surface area contributed by atoms with Gasteiger partial charge in [0.1, 0.15) is 0 Å². The highest BCUT2D eigenvalue weighted by molar-refractivity contribution is 5.76. The Morgan fingerprint density at radius 3 is 2.76 bits per heavy atom. The fourth-order valence-corrected chi connectivity index (χ4v) is 3.13.